The number of carboxylic acid groups (broad SMARTS) is 1. The number of aliphatic carboxylic acids is 1. The zero-order valence-corrected chi connectivity index (χ0v) is 14.0. The first-order valence-corrected chi connectivity index (χ1v) is 8.40. The predicted octanol–water partition coefficient (Wildman–Crippen LogP) is 4.35. The van der Waals surface area contributed by atoms with E-state index in [9.17, 15) is 4.79 Å². The smallest absolute Gasteiger partial charge is 0.333 e. The van der Waals surface area contributed by atoms with Crippen molar-refractivity contribution < 1.29 is 9.90 Å². The molecule has 0 radical (unpaired) electrons. The van der Waals surface area contributed by atoms with Crippen LogP contribution in [0.15, 0.2) is 90.7 Å². The molecule has 0 saturated heterocycles. The van der Waals surface area contributed by atoms with Crippen LogP contribution in [0.5, 0.6) is 0 Å². The summed E-state index contributed by atoms with van der Waals surface area (Å²) >= 11 is 0. The normalized spacial score (nSPS) is 13.3. The Hall–Kier alpha value is -3.07. The lowest BCUT2D eigenvalue weighted by atomic mass is 9.97. The second kappa shape index (κ2) is 8.15. The van der Waals surface area contributed by atoms with Gasteiger partial charge in [-0.1, -0.05) is 66.7 Å². The van der Waals surface area contributed by atoms with Gasteiger partial charge in [0.2, 0.25) is 0 Å². The van der Waals surface area contributed by atoms with Gasteiger partial charge in [0.15, 0.2) is 0 Å². The molecular formula is C22H21NO2. The summed E-state index contributed by atoms with van der Waals surface area (Å²) in [6.45, 7) is 1.23. The molecule has 0 unspecified atom stereocenters. The van der Waals surface area contributed by atoms with E-state index >= 15 is 0 Å². The largest absolute Gasteiger partial charge is 0.478 e. The number of nitrogens with zero attached hydrogens (tertiary/aromatic N) is 1. The van der Waals surface area contributed by atoms with E-state index in [0.29, 0.717) is 12.1 Å². The first-order valence-electron chi connectivity index (χ1n) is 8.40. The molecule has 1 heterocycles. The molecule has 3 rings (SSSR count). The second-order valence-corrected chi connectivity index (χ2v) is 5.95. The number of hydrogen-bond donors (Lipinski definition) is 1. The van der Waals surface area contributed by atoms with E-state index in [0.717, 1.165) is 13.0 Å². The van der Waals surface area contributed by atoms with Crippen LogP contribution in [-0.4, -0.2) is 29.1 Å². The van der Waals surface area contributed by atoms with Crippen molar-refractivity contribution in [1.29, 1.82) is 0 Å². The maximum absolute atomic E-state index is 11.1. The van der Waals surface area contributed by atoms with Gasteiger partial charge >= 0.3 is 5.97 Å². The van der Waals surface area contributed by atoms with E-state index in [-0.39, 0.29) is 0 Å². The summed E-state index contributed by atoms with van der Waals surface area (Å²) in [5, 5.41) is 9.13. The van der Waals surface area contributed by atoms with Gasteiger partial charge in [-0.3, -0.25) is 0 Å². The van der Waals surface area contributed by atoms with Gasteiger partial charge in [0, 0.05) is 13.1 Å². The number of carbonyl (C=O) groups is 1. The molecule has 0 fully saturated rings. The van der Waals surface area contributed by atoms with Gasteiger partial charge in [-0.15, -0.1) is 0 Å². The summed E-state index contributed by atoms with van der Waals surface area (Å²) < 4.78 is 0. The van der Waals surface area contributed by atoms with Crippen LogP contribution in [0.4, 0.5) is 0 Å². The van der Waals surface area contributed by atoms with Crippen LogP contribution >= 0.6 is 0 Å². The third-order valence-corrected chi connectivity index (χ3v) is 4.18. The Morgan fingerprint density at radius 3 is 2.16 bits per heavy atom. The number of rotatable bonds is 6. The molecule has 0 aromatic heterocycles. The molecule has 2 aromatic carbocycles. The molecule has 3 heteroatoms. The highest BCUT2D eigenvalue weighted by Crippen LogP contribution is 2.23. The summed E-state index contributed by atoms with van der Waals surface area (Å²) in [4.78, 5) is 13.1. The minimum Gasteiger partial charge on any atom is -0.478 e. The Morgan fingerprint density at radius 1 is 1.00 bits per heavy atom. The van der Waals surface area contributed by atoms with Gasteiger partial charge in [0.25, 0.3) is 0 Å². The van der Waals surface area contributed by atoms with Gasteiger partial charge in [0.1, 0.15) is 0 Å². The third-order valence-electron chi connectivity index (χ3n) is 4.18. The summed E-state index contributed by atoms with van der Waals surface area (Å²) in [6, 6.07) is 20.7. The molecule has 1 aliphatic heterocycles. The Balaban J connectivity index is 1.73. The number of carboxylic acids is 1. The first-order chi connectivity index (χ1) is 12.2. The summed E-state index contributed by atoms with van der Waals surface area (Å²) in [7, 11) is 0. The molecule has 0 saturated carbocycles. The van der Waals surface area contributed by atoms with E-state index < -0.39 is 5.97 Å². The Kier molecular flexibility index (Phi) is 5.47. The molecule has 3 nitrogen and oxygen atoms in total. The second-order valence-electron chi connectivity index (χ2n) is 5.95. The Labute approximate surface area is 148 Å². The van der Waals surface area contributed by atoms with Crippen LogP contribution in [0.3, 0.4) is 0 Å². The van der Waals surface area contributed by atoms with Crippen LogP contribution in [0.2, 0.25) is 0 Å². The Bertz CT molecular complexity index is 763. The molecule has 0 spiro atoms. The Morgan fingerprint density at radius 2 is 1.60 bits per heavy atom. The van der Waals surface area contributed by atoms with Gasteiger partial charge < -0.3 is 10.0 Å². The van der Waals surface area contributed by atoms with Crippen LogP contribution < -0.4 is 0 Å². The molecule has 0 atom stereocenters. The van der Waals surface area contributed by atoms with E-state index in [1.54, 1.807) is 12.2 Å². The lowest BCUT2D eigenvalue weighted by molar-refractivity contribution is -0.132. The standard InChI is InChI=1S/C22H21NO2/c24-22(25)20-13-7-15-23(17-20)16-8-14-21(18-9-3-1-4-10-18)19-11-5-2-6-12-19/h1-7,9-15H,8,16-17H2,(H,24,25). The van der Waals surface area contributed by atoms with E-state index in [1.807, 2.05) is 47.5 Å². The fraction of sp³-hybridized carbons (Fsp3) is 0.136. The van der Waals surface area contributed by atoms with E-state index in [2.05, 4.69) is 30.3 Å². The number of benzene rings is 2. The van der Waals surface area contributed by atoms with Crippen molar-refractivity contribution >= 4 is 11.5 Å². The fourth-order valence-electron chi connectivity index (χ4n) is 2.91. The van der Waals surface area contributed by atoms with Crippen molar-refractivity contribution in [2.75, 3.05) is 13.1 Å². The molecule has 25 heavy (non-hydrogen) atoms. The summed E-state index contributed by atoms with van der Waals surface area (Å²) in [5.41, 5.74) is 4.01. The SMILES string of the molecule is O=C(O)C1=CC=CN(CCC=C(c2ccccc2)c2ccccc2)C1. The molecule has 1 N–H and O–H groups in total. The predicted molar refractivity (Wildman–Crippen MR) is 101 cm³/mol. The van der Waals surface area contributed by atoms with Crippen molar-refractivity contribution in [2.45, 2.75) is 6.42 Å². The molecule has 0 amide bonds. The van der Waals surface area contributed by atoms with Crippen LogP contribution in [0.1, 0.15) is 17.5 Å². The highest BCUT2D eigenvalue weighted by atomic mass is 16.4. The average Bonchev–Trinajstić information content (AvgIpc) is 2.67. The average molecular weight is 331 g/mol. The highest BCUT2D eigenvalue weighted by Gasteiger charge is 2.13. The van der Waals surface area contributed by atoms with Crippen molar-refractivity contribution in [3.8, 4) is 0 Å². The zero-order chi connectivity index (χ0) is 17.5. The van der Waals surface area contributed by atoms with Gasteiger partial charge in [-0.25, -0.2) is 4.79 Å². The minimum absolute atomic E-state index is 0.429. The van der Waals surface area contributed by atoms with Crippen LogP contribution in [0.25, 0.3) is 5.57 Å². The topological polar surface area (TPSA) is 40.5 Å². The zero-order valence-electron chi connectivity index (χ0n) is 14.0. The molecule has 126 valence electrons. The monoisotopic (exact) mass is 331 g/mol. The molecule has 2 aromatic rings. The van der Waals surface area contributed by atoms with E-state index in [4.69, 9.17) is 5.11 Å². The highest BCUT2D eigenvalue weighted by molar-refractivity contribution is 5.87. The quantitative estimate of drug-likeness (QED) is 0.855. The fourth-order valence-corrected chi connectivity index (χ4v) is 2.91. The minimum atomic E-state index is -0.848. The van der Waals surface area contributed by atoms with E-state index in [1.165, 1.54) is 16.7 Å². The maximum atomic E-state index is 11.1. The molecule has 1 aliphatic rings. The maximum Gasteiger partial charge on any atom is 0.333 e. The van der Waals surface area contributed by atoms with Crippen molar-refractivity contribution in [2.24, 2.45) is 0 Å². The van der Waals surface area contributed by atoms with Crippen molar-refractivity contribution in [1.82, 2.24) is 4.90 Å². The van der Waals surface area contributed by atoms with Gasteiger partial charge in [-0.05, 0) is 41.5 Å². The third kappa shape index (κ3) is 4.48. The van der Waals surface area contributed by atoms with Crippen LogP contribution in [-0.2, 0) is 4.79 Å². The lowest BCUT2D eigenvalue weighted by Gasteiger charge is -2.22. The van der Waals surface area contributed by atoms with Crippen LogP contribution in [0, 0.1) is 0 Å². The molecule has 0 aliphatic carbocycles. The number of hydrogen-bond acceptors (Lipinski definition) is 2. The van der Waals surface area contributed by atoms with Gasteiger partial charge in [-0.2, -0.15) is 0 Å². The lowest BCUT2D eigenvalue weighted by Crippen LogP contribution is -2.26. The summed E-state index contributed by atoms with van der Waals surface area (Å²) in [6.07, 6.45) is 8.48. The summed E-state index contributed by atoms with van der Waals surface area (Å²) in [5.74, 6) is -0.848. The van der Waals surface area contributed by atoms with Crippen molar-refractivity contribution in [3.05, 3.63) is 102 Å². The van der Waals surface area contributed by atoms with Gasteiger partial charge in [0.05, 0.1) is 5.57 Å². The number of allylic oxidation sites excluding steroid dienone is 2. The first kappa shape index (κ1) is 16.8. The molecular weight excluding hydrogens is 310 g/mol. The molecule has 0 bridgehead atoms. The van der Waals surface area contributed by atoms with Crippen molar-refractivity contribution in [3.63, 3.8) is 0 Å².